The summed E-state index contributed by atoms with van der Waals surface area (Å²) in [6.45, 7) is 5.46. The molecule has 0 bridgehead atoms. The molecule has 2 amide bonds. The Morgan fingerprint density at radius 3 is 2.21 bits per heavy atom. The quantitative estimate of drug-likeness (QED) is 0.625. The van der Waals surface area contributed by atoms with Crippen LogP contribution < -0.4 is 16.0 Å². The third-order valence-electron chi connectivity index (χ3n) is 4.12. The molecule has 28 heavy (non-hydrogen) atoms. The predicted molar refractivity (Wildman–Crippen MR) is 110 cm³/mol. The van der Waals surface area contributed by atoms with E-state index in [9.17, 15) is 9.59 Å². The second-order valence-electron chi connectivity index (χ2n) is 6.44. The van der Waals surface area contributed by atoms with E-state index in [1.165, 1.54) is 6.92 Å². The van der Waals surface area contributed by atoms with Crippen molar-refractivity contribution in [3.8, 4) is 0 Å². The van der Waals surface area contributed by atoms with Gasteiger partial charge < -0.3 is 16.0 Å². The van der Waals surface area contributed by atoms with E-state index < -0.39 is 0 Å². The summed E-state index contributed by atoms with van der Waals surface area (Å²) in [5.41, 5.74) is 4.62. The van der Waals surface area contributed by atoms with Gasteiger partial charge in [-0.3, -0.25) is 9.59 Å². The largest absolute Gasteiger partial charge is 0.339 e. The molecule has 1 heterocycles. The minimum absolute atomic E-state index is 0.143. The van der Waals surface area contributed by atoms with Crippen LogP contribution in [0.4, 0.5) is 22.9 Å². The minimum Gasteiger partial charge on any atom is -0.339 e. The zero-order valence-electron chi connectivity index (χ0n) is 15.9. The third-order valence-corrected chi connectivity index (χ3v) is 4.12. The van der Waals surface area contributed by atoms with Crippen molar-refractivity contribution in [3.63, 3.8) is 0 Å². The number of aryl methyl sites for hydroxylation is 2. The Morgan fingerprint density at radius 1 is 0.786 bits per heavy atom. The summed E-state index contributed by atoms with van der Waals surface area (Å²) < 4.78 is 0. The lowest BCUT2D eigenvalue weighted by Gasteiger charge is -2.09. The number of rotatable bonds is 5. The van der Waals surface area contributed by atoms with Crippen LogP contribution >= 0.6 is 0 Å². The van der Waals surface area contributed by atoms with Gasteiger partial charge in [0.15, 0.2) is 11.5 Å². The van der Waals surface area contributed by atoms with Crippen molar-refractivity contribution in [1.82, 2.24) is 10.2 Å². The van der Waals surface area contributed by atoms with Crippen molar-refractivity contribution < 1.29 is 9.59 Å². The zero-order valence-corrected chi connectivity index (χ0v) is 15.9. The van der Waals surface area contributed by atoms with Gasteiger partial charge in [-0.15, -0.1) is 10.2 Å². The monoisotopic (exact) mass is 375 g/mol. The Bertz CT molecular complexity index is 1020. The Labute approximate surface area is 163 Å². The molecule has 0 radical (unpaired) electrons. The summed E-state index contributed by atoms with van der Waals surface area (Å²) >= 11 is 0. The molecule has 0 aliphatic rings. The van der Waals surface area contributed by atoms with Gasteiger partial charge in [-0.1, -0.05) is 12.1 Å². The number of amides is 2. The molecule has 3 rings (SSSR count). The van der Waals surface area contributed by atoms with Crippen molar-refractivity contribution in [3.05, 3.63) is 71.4 Å². The molecule has 0 spiro atoms. The van der Waals surface area contributed by atoms with Crippen LogP contribution in [0, 0.1) is 13.8 Å². The highest BCUT2D eigenvalue weighted by Crippen LogP contribution is 2.19. The van der Waals surface area contributed by atoms with E-state index in [-0.39, 0.29) is 17.5 Å². The Morgan fingerprint density at radius 2 is 1.54 bits per heavy atom. The second-order valence-corrected chi connectivity index (χ2v) is 6.44. The zero-order chi connectivity index (χ0) is 20.1. The Balaban J connectivity index is 1.66. The number of nitrogens with zero attached hydrogens (tertiary/aromatic N) is 2. The summed E-state index contributed by atoms with van der Waals surface area (Å²) in [6.07, 6.45) is 0. The maximum atomic E-state index is 12.4. The fraction of sp³-hybridized carbons (Fsp3) is 0.143. The molecule has 142 valence electrons. The number of carbonyl (C=O) groups excluding carboxylic acids is 2. The molecular weight excluding hydrogens is 354 g/mol. The average molecular weight is 375 g/mol. The third kappa shape index (κ3) is 4.91. The van der Waals surface area contributed by atoms with Crippen LogP contribution in [0.1, 0.15) is 28.5 Å². The molecule has 0 aliphatic carbocycles. The lowest BCUT2D eigenvalue weighted by Crippen LogP contribution is -2.14. The molecule has 0 saturated carbocycles. The second kappa shape index (κ2) is 8.30. The highest BCUT2D eigenvalue weighted by molar-refractivity contribution is 6.02. The van der Waals surface area contributed by atoms with Crippen LogP contribution in [0.3, 0.4) is 0 Å². The molecule has 7 nitrogen and oxygen atoms in total. The van der Waals surface area contributed by atoms with Crippen molar-refractivity contribution in [2.75, 3.05) is 16.0 Å². The number of carbonyl (C=O) groups is 2. The number of benzene rings is 2. The van der Waals surface area contributed by atoms with Gasteiger partial charge in [0.2, 0.25) is 5.91 Å². The first-order chi connectivity index (χ1) is 13.4. The predicted octanol–water partition coefficient (Wildman–Crippen LogP) is 4.05. The van der Waals surface area contributed by atoms with Crippen molar-refractivity contribution in [2.24, 2.45) is 0 Å². The van der Waals surface area contributed by atoms with E-state index in [1.807, 2.05) is 44.2 Å². The van der Waals surface area contributed by atoms with Gasteiger partial charge in [0, 0.05) is 24.0 Å². The normalized spacial score (nSPS) is 10.2. The van der Waals surface area contributed by atoms with Crippen molar-refractivity contribution >= 4 is 34.7 Å². The summed E-state index contributed by atoms with van der Waals surface area (Å²) in [5, 5.41) is 16.7. The van der Waals surface area contributed by atoms with Gasteiger partial charge in [0.1, 0.15) is 0 Å². The molecule has 3 aromatic rings. The smallest absolute Gasteiger partial charge is 0.276 e. The van der Waals surface area contributed by atoms with Crippen LogP contribution in [-0.2, 0) is 4.79 Å². The fourth-order valence-electron chi connectivity index (χ4n) is 2.56. The lowest BCUT2D eigenvalue weighted by molar-refractivity contribution is -0.114. The van der Waals surface area contributed by atoms with Gasteiger partial charge in [-0.05, 0) is 67.4 Å². The molecule has 0 unspecified atom stereocenters. The van der Waals surface area contributed by atoms with Gasteiger partial charge >= 0.3 is 0 Å². The highest BCUT2D eigenvalue weighted by Gasteiger charge is 2.09. The van der Waals surface area contributed by atoms with E-state index in [0.717, 1.165) is 16.8 Å². The summed E-state index contributed by atoms with van der Waals surface area (Å²) in [7, 11) is 0. The van der Waals surface area contributed by atoms with E-state index in [4.69, 9.17) is 0 Å². The van der Waals surface area contributed by atoms with E-state index in [2.05, 4.69) is 26.1 Å². The van der Waals surface area contributed by atoms with Gasteiger partial charge in [-0.2, -0.15) is 0 Å². The summed E-state index contributed by atoms with van der Waals surface area (Å²) in [6, 6.07) is 16.2. The van der Waals surface area contributed by atoms with Crippen LogP contribution in [0.5, 0.6) is 0 Å². The van der Waals surface area contributed by atoms with Crippen LogP contribution in [0.15, 0.2) is 54.6 Å². The minimum atomic E-state index is -0.324. The molecule has 0 aliphatic heterocycles. The maximum absolute atomic E-state index is 12.4. The molecule has 0 atom stereocenters. The van der Waals surface area contributed by atoms with Gasteiger partial charge in [0.25, 0.3) is 5.91 Å². The first-order valence-electron chi connectivity index (χ1n) is 8.78. The number of aromatic nitrogens is 2. The number of hydrogen-bond donors (Lipinski definition) is 3. The topological polar surface area (TPSA) is 96.0 Å². The summed E-state index contributed by atoms with van der Waals surface area (Å²) in [4.78, 5) is 23.5. The molecule has 0 fully saturated rings. The number of anilines is 4. The molecular formula is C21H21N5O2. The maximum Gasteiger partial charge on any atom is 0.276 e. The van der Waals surface area contributed by atoms with E-state index >= 15 is 0 Å². The fourth-order valence-corrected chi connectivity index (χ4v) is 2.56. The van der Waals surface area contributed by atoms with E-state index in [1.54, 1.807) is 24.3 Å². The van der Waals surface area contributed by atoms with Gasteiger partial charge in [-0.25, -0.2) is 0 Å². The first-order valence-corrected chi connectivity index (χ1v) is 8.78. The van der Waals surface area contributed by atoms with E-state index in [0.29, 0.717) is 17.2 Å². The highest BCUT2D eigenvalue weighted by atomic mass is 16.2. The Hall–Kier alpha value is -3.74. The van der Waals surface area contributed by atoms with Crippen molar-refractivity contribution in [1.29, 1.82) is 0 Å². The standard InChI is InChI=1S/C21H21N5O2/c1-13-7-8-18(11-14(13)2)24-21(28)19-9-10-20(26-25-19)23-17-6-4-5-16(12-17)22-15(3)27/h4-12H,1-3H3,(H,22,27)(H,23,26)(H,24,28). The number of hydrogen-bond acceptors (Lipinski definition) is 5. The lowest BCUT2D eigenvalue weighted by atomic mass is 10.1. The average Bonchev–Trinajstić information content (AvgIpc) is 2.65. The molecule has 1 aromatic heterocycles. The first kappa shape index (κ1) is 19.0. The number of nitrogens with one attached hydrogen (secondary N) is 3. The molecule has 7 heteroatoms. The van der Waals surface area contributed by atoms with Gasteiger partial charge in [0.05, 0.1) is 0 Å². The molecule has 2 aromatic carbocycles. The molecule has 0 saturated heterocycles. The SMILES string of the molecule is CC(=O)Nc1cccc(Nc2ccc(C(=O)Nc3ccc(C)c(C)c3)nn2)c1. The van der Waals surface area contributed by atoms with Crippen LogP contribution in [0.25, 0.3) is 0 Å². The summed E-state index contributed by atoms with van der Waals surface area (Å²) in [5.74, 6) is 0.0220. The van der Waals surface area contributed by atoms with Crippen LogP contribution in [-0.4, -0.2) is 22.0 Å². The van der Waals surface area contributed by atoms with Crippen LogP contribution in [0.2, 0.25) is 0 Å². The molecule has 3 N–H and O–H groups in total. The van der Waals surface area contributed by atoms with Crippen molar-refractivity contribution in [2.45, 2.75) is 20.8 Å². The Kier molecular flexibility index (Phi) is 5.64.